The molecule has 1 unspecified atom stereocenters. The van der Waals surface area contributed by atoms with E-state index in [1.807, 2.05) is 32.9 Å². The van der Waals surface area contributed by atoms with Gasteiger partial charge < -0.3 is 14.8 Å². The Bertz CT molecular complexity index is 478. The van der Waals surface area contributed by atoms with Crippen molar-refractivity contribution in [3.63, 3.8) is 0 Å². The number of benzene rings is 1. The molecular formula is C14H19NO3. The number of nitrogens with one attached hydrogen (secondary N) is 1. The molecule has 1 N–H and O–H groups in total. The summed E-state index contributed by atoms with van der Waals surface area (Å²) in [6.45, 7) is 8.76. The average Bonchev–Trinajstić information content (AvgIpc) is 2.99. The van der Waals surface area contributed by atoms with Crippen molar-refractivity contribution in [2.24, 2.45) is 0 Å². The van der Waals surface area contributed by atoms with Crippen LogP contribution in [0.1, 0.15) is 25.0 Å². The molecule has 1 saturated heterocycles. The predicted octanol–water partition coefficient (Wildman–Crippen LogP) is 2.43. The number of ether oxygens (including phenoxy) is 2. The van der Waals surface area contributed by atoms with E-state index >= 15 is 0 Å². The van der Waals surface area contributed by atoms with E-state index < -0.39 is 0 Å². The van der Waals surface area contributed by atoms with Crippen LogP contribution in [0.5, 0.6) is 5.75 Å². The van der Waals surface area contributed by atoms with E-state index in [0.29, 0.717) is 12.4 Å². The molecule has 1 atom stereocenters. The molecule has 0 aliphatic carbocycles. The Hall–Kier alpha value is -1.55. The predicted molar refractivity (Wildman–Crippen MR) is 70.1 cm³/mol. The number of hydrogen-bond donors (Lipinski definition) is 1. The van der Waals surface area contributed by atoms with Gasteiger partial charge in [0.2, 0.25) is 5.91 Å². The summed E-state index contributed by atoms with van der Waals surface area (Å²) >= 11 is 0. The summed E-state index contributed by atoms with van der Waals surface area (Å²) in [5, 5.41) is 2.79. The largest absolute Gasteiger partial charge is 0.488 e. The zero-order chi connectivity index (χ0) is 13.3. The number of epoxide rings is 1. The monoisotopic (exact) mass is 249 g/mol. The van der Waals surface area contributed by atoms with Gasteiger partial charge in [-0.15, -0.1) is 0 Å². The summed E-state index contributed by atoms with van der Waals surface area (Å²) in [7, 11) is 0. The fourth-order valence-corrected chi connectivity index (χ4v) is 1.63. The van der Waals surface area contributed by atoms with Gasteiger partial charge in [-0.05, 0) is 44.0 Å². The van der Waals surface area contributed by atoms with Crippen molar-refractivity contribution >= 4 is 11.6 Å². The molecule has 0 spiro atoms. The third kappa shape index (κ3) is 3.01. The van der Waals surface area contributed by atoms with Crippen LogP contribution in [0.15, 0.2) is 12.1 Å². The highest BCUT2D eigenvalue weighted by molar-refractivity contribution is 5.90. The molecule has 1 amide bonds. The summed E-state index contributed by atoms with van der Waals surface area (Å²) in [6, 6.07) is 3.88. The molecule has 18 heavy (non-hydrogen) atoms. The quantitative estimate of drug-likeness (QED) is 0.834. The first-order chi connectivity index (χ1) is 8.39. The second-order valence-electron chi connectivity index (χ2n) is 5.14. The highest BCUT2D eigenvalue weighted by Gasteiger charge is 2.40. The summed E-state index contributed by atoms with van der Waals surface area (Å²) < 4.78 is 11.0. The Morgan fingerprint density at radius 3 is 2.61 bits per heavy atom. The zero-order valence-electron chi connectivity index (χ0n) is 11.3. The first kappa shape index (κ1) is 12.9. The lowest BCUT2D eigenvalue weighted by Crippen LogP contribution is -2.18. The second-order valence-corrected chi connectivity index (χ2v) is 5.14. The van der Waals surface area contributed by atoms with Gasteiger partial charge in [-0.2, -0.15) is 0 Å². The lowest BCUT2D eigenvalue weighted by atomic mass is 10.1. The van der Waals surface area contributed by atoms with E-state index in [1.54, 1.807) is 0 Å². The van der Waals surface area contributed by atoms with Crippen molar-refractivity contribution in [2.45, 2.75) is 33.3 Å². The van der Waals surface area contributed by atoms with Crippen LogP contribution < -0.4 is 10.1 Å². The van der Waals surface area contributed by atoms with Crippen LogP contribution in [0.4, 0.5) is 5.69 Å². The minimum absolute atomic E-state index is 0.100. The molecule has 2 rings (SSSR count). The van der Waals surface area contributed by atoms with Gasteiger partial charge in [0.15, 0.2) is 0 Å². The zero-order valence-corrected chi connectivity index (χ0v) is 11.3. The van der Waals surface area contributed by atoms with Crippen molar-refractivity contribution in [1.82, 2.24) is 0 Å². The highest BCUT2D eigenvalue weighted by Crippen LogP contribution is 2.32. The van der Waals surface area contributed by atoms with E-state index in [4.69, 9.17) is 9.47 Å². The van der Waals surface area contributed by atoms with Crippen molar-refractivity contribution in [1.29, 1.82) is 0 Å². The Balaban J connectivity index is 2.19. The maximum atomic E-state index is 11.2. The SMILES string of the molecule is CC(=O)Nc1cc(C)c(C)cc1OCC1(C)CO1. The number of hydrogen-bond acceptors (Lipinski definition) is 3. The number of carbonyl (C=O) groups excluding carboxylic acids is 1. The Labute approximate surface area is 107 Å². The van der Waals surface area contributed by atoms with E-state index in [0.717, 1.165) is 23.4 Å². The first-order valence-corrected chi connectivity index (χ1v) is 6.05. The molecule has 0 saturated carbocycles. The van der Waals surface area contributed by atoms with E-state index in [-0.39, 0.29) is 11.5 Å². The Morgan fingerprint density at radius 2 is 2.06 bits per heavy atom. The van der Waals surface area contributed by atoms with Gasteiger partial charge in [0.25, 0.3) is 0 Å². The van der Waals surface area contributed by atoms with Crippen molar-refractivity contribution in [2.75, 3.05) is 18.5 Å². The standard InChI is InChI=1S/C14H19NO3/c1-9-5-12(15-11(3)16)13(6-10(9)2)17-7-14(4)8-18-14/h5-6H,7-8H2,1-4H3,(H,15,16). The summed E-state index contributed by atoms with van der Waals surface area (Å²) in [4.78, 5) is 11.2. The maximum Gasteiger partial charge on any atom is 0.221 e. The molecule has 4 nitrogen and oxygen atoms in total. The third-order valence-electron chi connectivity index (χ3n) is 3.08. The fraction of sp³-hybridized carbons (Fsp3) is 0.500. The molecule has 0 aromatic heterocycles. The molecule has 4 heteroatoms. The van der Waals surface area contributed by atoms with Gasteiger partial charge in [-0.3, -0.25) is 4.79 Å². The van der Waals surface area contributed by atoms with Crippen LogP contribution in [-0.4, -0.2) is 24.7 Å². The van der Waals surface area contributed by atoms with Crippen LogP contribution in [-0.2, 0) is 9.53 Å². The summed E-state index contributed by atoms with van der Waals surface area (Å²) in [5.41, 5.74) is 2.82. The molecule has 1 aromatic rings. The van der Waals surface area contributed by atoms with Gasteiger partial charge in [-0.25, -0.2) is 0 Å². The van der Waals surface area contributed by atoms with Crippen LogP contribution >= 0.6 is 0 Å². The Kier molecular flexibility index (Phi) is 3.30. The molecule has 98 valence electrons. The number of rotatable bonds is 4. The van der Waals surface area contributed by atoms with Crippen LogP contribution in [0.3, 0.4) is 0 Å². The molecule has 0 bridgehead atoms. The molecule has 1 heterocycles. The minimum atomic E-state index is -0.160. The molecular weight excluding hydrogens is 230 g/mol. The minimum Gasteiger partial charge on any atom is -0.488 e. The van der Waals surface area contributed by atoms with Gasteiger partial charge in [-0.1, -0.05) is 0 Å². The first-order valence-electron chi connectivity index (χ1n) is 6.05. The van der Waals surface area contributed by atoms with Crippen LogP contribution in [0.25, 0.3) is 0 Å². The number of carbonyl (C=O) groups is 1. The fourth-order valence-electron chi connectivity index (χ4n) is 1.63. The van der Waals surface area contributed by atoms with Gasteiger partial charge in [0.05, 0.1) is 12.3 Å². The average molecular weight is 249 g/mol. The second kappa shape index (κ2) is 4.61. The van der Waals surface area contributed by atoms with Gasteiger partial charge in [0.1, 0.15) is 18.0 Å². The normalized spacial score (nSPS) is 21.6. The van der Waals surface area contributed by atoms with Gasteiger partial charge in [0, 0.05) is 6.92 Å². The number of amides is 1. The smallest absolute Gasteiger partial charge is 0.221 e. The van der Waals surface area contributed by atoms with Crippen LogP contribution in [0.2, 0.25) is 0 Å². The van der Waals surface area contributed by atoms with Crippen molar-refractivity contribution < 1.29 is 14.3 Å². The third-order valence-corrected chi connectivity index (χ3v) is 3.08. The molecule has 1 aliphatic rings. The molecule has 0 radical (unpaired) electrons. The van der Waals surface area contributed by atoms with Crippen molar-refractivity contribution in [3.8, 4) is 5.75 Å². The molecule has 1 aliphatic heterocycles. The molecule has 1 fully saturated rings. The summed E-state index contributed by atoms with van der Waals surface area (Å²) in [6.07, 6.45) is 0. The lowest BCUT2D eigenvalue weighted by Gasteiger charge is -2.15. The summed E-state index contributed by atoms with van der Waals surface area (Å²) in [5.74, 6) is 0.599. The highest BCUT2D eigenvalue weighted by atomic mass is 16.6. The molecule has 1 aromatic carbocycles. The Morgan fingerprint density at radius 1 is 1.44 bits per heavy atom. The van der Waals surface area contributed by atoms with E-state index in [1.165, 1.54) is 6.92 Å². The maximum absolute atomic E-state index is 11.2. The lowest BCUT2D eigenvalue weighted by molar-refractivity contribution is -0.114. The van der Waals surface area contributed by atoms with Crippen LogP contribution in [0, 0.1) is 13.8 Å². The van der Waals surface area contributed by atoms with E-state index in [2.05, 4.69) is 5.32 Å². The van der Waals surface area contributed by atoms with Crippen molar-refractivity contribution in [3.05, 3.63) is 23.3 Å². The number of anilines is 1. The number of aryl methyl sites for hydroxylation is 2. The van der Waals surface area contributed by atoms with E-state index in [9.17, 15) is 4.79 Å². The topological polar surface area (TPSA) is 50.9 Å². The van der Waals surface area contributed by atoms with Gasteiger partial charge >= 0.3 is 0 Å².